The maximum Gasteiger partial charge on any atom is 0.0509 e. The topological polar surface area (TPSA) is 38.0 Å². The standard InChI is InChI=1S/C10H18N2S/c1-5-10(3,4)7-6-9(11)8(2)12-13/h5-7,12-13H,1,11H2,2-4H3/b7-6-,9-8-. The predicted molar refractivity (Wildman–Crippen MR) is 62.1 cm³/mol. The van der Waals surface area contributed by atoms with Crippen LogP contribution in [0.2, 0.25) is 0 Å². The minimum absolute atomic E-state index is 0.0263. The summed E-state index contributed by atoms with van der Waals surface area (Å²) in [6.07, 6.45) is 5.74. The molecule has 0 aliphatic carbocycles. The molecule has 0 aromatic heterocycles. The Hall–Kier alpha value is -0.830. The zero-order chi connectivity index (χ0) is 10.5. The first-order valence-corrected chi connectivity index (χ1v) is 4.57. The van der Waals surface area contributed by atoms with Gasteiger partial charge in [0.1, 0.15) is 0 Å². The Balaban J connectivity index is 4.53. The van der Waals surface area contributed by atoms with Crippen LogP contribution in [0.3, 0.4) is 0 Å². The summed E-state index contributed by atoms with van der Waals surface area (Å²) in [7, 11) is 0. The van der Waals surface area contributed by atoms with Gasteiger partial charge in [0.05, 0.1) is 5.70 Å². The molecule has 0 atom stereocenters. The molecule has 0 rings (SSSR count). The zero-order valence-electron chi connectivity index (χ0n) is 8.46. The highest BCUT2D eigenvalue weighted by molar-refractivity contribution is 7.78. The molecule has 0 aromatic carbocycles. The van der Waals surface area contributed by atoms with E-state index in [1.165, 1.54) is 0 Å². The average Bonchev–Trinajstić information content (AvgIpc) is 2.13. The van der Waals surface area contributed by atoms with E-state index in [2.05, 4.69) is 38.0 Å². The molecule has 74 valence electrons. The van der Waals surface area contributed by atoms with Gasteiger partial charge >= 0.3 is 0 Å². The number of hydrogen-bond acceptors (Lipinski definition) is 3. The van der Waals surface area contributed by atoms with E-state index in [1.807, 2.05) is 25.2 Å². The highest BCUT2D eigenvalue weighted by atomic mass is 32.1. The van der Waals surface area contributed by atoms with Crippen LogP contribution >= 0.6 is 12.8 Å². The molecule has 3 N–H and O–H groups in total. The second kappa shape index (κ2) is 5.02. The lowest BCUT2D eigenvalue weighted by molar-refractivity contribution is 0.627. The van der Waals surface area contributed by atoms with Crippen LogP contribution in [-0.4, -0.2) is 0 Å². The van der Waals surface area contributed by atoms with Gasteiger partial charge in [-0.25, -0.2) is 0 Å². The van der Waals surface area contributed by atoms with Crippen LogP contribution in [0.1, 0.15) is 20.8 Å². The van der Waals surface area contributed by atoms with Crippen molar-refractivity contribution in [3.05, 3.63) is 36.2 Å². The van der Waals surface area contributed by atoms with E-state index in [4.69, 9.17) is 5.73 Å². The smallest absolute Gasteiger partial charge is 0.0509 e. The van der Waals surface area contributed by atoms with Gasteiger partial charge in [-0.15, -0.1) is 6.58 Å². The molecular weight excluding hydrogens is 180 g/mol. The van der Waals surface area contributed by atoms with Crippen molar-refractivity contribution >= 4 is 12.8 Å². The summed E-state index contributed by atoms with van der Waals surface area (Å²) >= 11 is 3.90. The van der Waals surface area contributed by atoms with Crippen molar-refractivity contribution < 1.29 is 0 Å². The van der Waals surface area contributed by atoms with Crippen LogP contribution in [0.15, 0.2) is 36.2 Å². The van der Waals surface area contributed by atoms with Gasteiger partial charge in [-0.1, -0.05) is 38.8 Å². The summed E-state index contributed by atoms with van der Waals surface area (Å²) in [5.41, 5.74) is 7.24. The van der Waals surface area contributed by atoms with E-state index in [0.717, 1.165) is 5.70 Å². The van der Waals surface area contributed by atoms with Gasteiger partial charge in [0.15, 0.2) is 0 Å². The van der Waals surface area contributed by atoms with Crippen LogP contribution in [-0.2, 0) is 0 Å². The molecule has 0 unspecified atom stereocenters. The summed E-state index contributed by atoms with van der Waals surface area (Å²) in [6, 6.07) is 0. The van der Waals surface area contributed by atoms with Gasteiger partial charge in [-0.2, -0.15) is 0 Å². The Morgan fingerprint density at radius 1 is 1.54 bits per heavy atom. The fourth-order valence-corrected chi connectivity index (χ4v) is 0.691. The van der Waals surface area contributed by atoms with Crippen molar-refractivity contribution in [1.29, 1.82) is 0 Å². The van der Waals surface area contributed by atoms with Crippen LogP contribution < -0.4 is 10.5 Å². The first kappa shape index (κ1) is 12.2. The highest BCUT2D eigenvalue weighted by Crippen LogP contribution is 2.18. The summed E-state index contributed by atoms with van der Waals surface area (Å²) in [5, 5.41) is 0. The molecule has 0 aromatic rings. The lowest BCUT2D eigenvalue weighted by Crippen LogP contribution is -2.07. The fourth-order valence-electron chi connectivity index (χ4n) is 0.562. The summed E-state index contributed by atoms with van der Waals surface area (Å²) < 4.78 is 2.69. The molecular formula is C10H18N2S. The molecule has 0 amide bonds. The Labute approximate surface area is 86.1 Å². The van der Waals surface area contributed by atoms with Gasteiger partial charge < -0.3 is 10.5 Å². The van der Waals surface area contributed by atoms with Gasteiger partial charge in [-0.3, -0.25) is 0 Å². The number of hydrogen-bond donors (Lipinski definition) is 3. The number of nitrogens with one attached hydrogen (secondary N) is 1. The SMILES string of the molecule is C=CC(C)(C)/C=C\C(N)=C(/C)NS. The second-order valence-electron chi connectivity index (χ2n) is 3.55. The van der Waals surface area contributed by atoms with Gasteiger partial charge in [0, 0.05) is 11.1 Å². The number of thiol groups is 1. The molecule has 0 fully saturated rings. The van der Waals surface area contributed by atoms with Crippen molar-refractivity contribution in [1.82, 2.24) is 4.72 Å². The van der Waals surface area contributed by atoms with Crippen LogP contribution in [0.4, 0.5) is 0 Å². The van der Waals surface area contributed by atoms with Crippen molar-refractivity contribution in [3.8, 4) is 0 Å². The molecule has 0 radical (unpaired) electrons. The van der Waals surface area contributed by atoms with Crippen LogP contribution in [0, 0.1) is 5.41 Å². The molecule has 0 aliphatic rings. The van der Waals surface area contributed by atoms with Gasteiger partial charge in [-0.05, 0) is 13.0 Å². The van der Waals surface area contributed by atoms with Crippen LogP contribution in [0.5, 0.6) is 0 Å². The third-order valence-electron chi connectivity index (χ3n) is 1.82. The minimum atomic E-state index is -0.0263. The molecule has 0 saturated heterocycles. The largest absolute Gasteiger partial charge is 0.397 e. The van der Waals surface area contributed by atoms with E-state index in [-0.39, 0.29) is 5.41 Å². The Bertz CT molecular complexity index is 239. The van der Waals surface area contributed by atoms with Crippen molar-refractivity contribution in [2.45, 2.75) is 20.8 Å². The van der Waals surface area contributed by atoms with E-state index < -0.39 is 0 Å². The molecule has 0 saturated carbocycles. The van der Waals surface area contributed by atoms with Gasteiger partial charge in [0.25, 0.3) is 0 Å². The van der Waals surface area contributed by atoms with E-state index >= 15 is 0 Å². The maximum absolute atomic E-state index is 5.74. The van der Waals surface area contributed by atoms with E-state index in [1.54, 1.807) is 0 Å². The van der Waals surface area contributed by atoms with Crippen molar-refractivity contribution in [2.75, 3.05) is 0 Å². The van der Waals surface area contributed by atoms with E-state index in [0.29, 0.717) is 5.70 Å². The molecule has 13 heavy (non-hydrogen) atoms. The van der Waals surface area contributed by atoms with Gasteiger partial charge in [0.2, 0.25) is 0 Å². The predicted octanol–water partition coefficient (Wildman–Crippen LogP) is 2.38. The molecule has 0 bridgehead atoms. The quantitative estimate of drug-likeness (QED) is 0.368. The Kier molecular flexibility index (Phi) is 4.70. The average molecular weight is 198 g/mol. The maximum atomic E-state index is 5.74. The summed E-state index contributed by atoms with van der Waals surface area (Å²) in [6.45, 7) is 9.73. The fraction of sp³-hybridized carbons (Fsp3) is 0.400. The second-order valence-corrected chi connectivity index (χ2v) is 3.77. The van der Waals surface area contributed by atoms with Crippen molar-refractivity contribution in [3.63, 3.8) is 0 Å². The molecule has 3 heteroatoms. The number of rotatable bonds is 4. The normalized spacial score (nSPS) is 14.2. The third-order valence-corrected chi connectivity index (χ3v) is 2.15. The Morgan fingerprint density at radius 2 is 2.08 bits per heavy atom. The first-order chi connectivity index (χ1) is 5.93. The summed E-state index contributed by atoms with van der Waals surface area (Å²) in [5.74, 6) is 0. The molecule has 0 aliphatic heterocycles. The van der Waals surface area contributed by atoms with E-state index in [9.17, 15) is 0 Å². The minimum Gasteiger partial charge on any atom is -0.397 e. The highest BCUT2D eigenvalue weighted by Gasteiger charge is 2.06. The molecule has 2 nitrogen and oxygen atoms in total. The molecule has 0 heterocycles. The van der Waals surface area contributed by atoms with Crippen molar-refractivity contribution in [2.24, 2.45) is 11.1 Å². The molecule has 0 spiro atoms. The number of allylic oxidation sites excluding steroid dienone is 4. The number of nitrogens with two attached hydrogens (primary N) is 1. The lowest BCUT2D eigenvalue weighted by Gasteiger charge is -2.13. The zero-order valence-corrected chi connectivity index (χ0v) is 9.36. The van der Waals surface area contributed by atoms with Crippen LogP contribution in [0.25, 0.3) is 0 Å². The lowest BCUT2D eigenvalue weighted by atomic mass is 9.93. The summed E-state index contributed by atoms with van der Waals surface area (Å²) in [4.78, 5) is 0. The monoisotopic (exact) mass is 198 g/mol. The first-order valence-electron chi connectivity index (χ1n) is 4.12. The third kappa shape index (κ3) is 4.68. The Morgan fingerprint density at radius 3 is 2.46 bits per heavy atom.